The van der Waals surface area contributed by atoms with Crippen molar-refractivity contribution in [3.63, 3.8) is 0 Å². The van der Waals surface area contributed by atoms with E-state index in [4.69, 9.17) is 22.1 Å². The second-order valence-corrected chi connectivity index (χ2v) is 4.33. The fraction of sp³-hybridized carbons (Fsp3) is 0.500. The van der Waals surface area contributed by atoms with E-state index in [0.29, 0.717) is 6.54 Å². The van der Waals surface area contributed by atoms with E-state index in [9.17, 15) is 0 Å². The molecule has 1 aromatic carbocycles. The van der Waals surface area contributed by atoms with Gasteiger partial charge in [0, 0.05) is 30.7 Å². The minimum Gasteiger partial charge on any atom is -0.379 e. The highest BCUT2D eigenvalue weighted by Crippen LogP contribution is 2.27. The second kappa shape index (κ2) is 5.64. The third-order valence-corrected chi connectivity index (χ3v) is 3.32. The zero-order valence-corrected chi connectivity index (χ0v) is 9.99. The highest BCUT2D eigenvalue weighted by Gasteiger charge is 2.22. The molecule has 1 saturated heterocycles. The molecule has 0 aliphatic carbocycles. The summed E-state index contributed by atoms with van der Waals surface area (Å²) in [7, 11) is 0. The average molecular weight is 241 g/mol. The molecule has 4 heteroatoms. The lowest BCUT2D eigenvalue weighted by atomic mass is 10.0. The van der Waals surface area contributed by atoms with E-state index in [1.807, 2.05) is 18.2 Å². The number of hydrogen-bond acceptors (Lipinski definition) is 3. The van der Waals surface area contributed by atoms with E-state index < -0.39 is 0 Å². The number of nitrogens with zero attached hydrogens (tertiary/aromatic N) is 1. The first-order valence-electron chi connectivity index (χ1n) is 5.59. The Bertz CT molecular complexity index is 340. The minimum atomic E-state index is 0.206. The molecule has 2 rings (SSSR count). The van der Waals surface area contributed by atoms with Crippen LogP contribution in [-0.2, 0) is 4.74 Å². The third-order valence-electron chi connectivity index (χ3n) is 2.97. The molecule has 0 aromatic heterocycles. The van der Waals surface area contributed by atoms with Gasteiger partial charge in [-0.2, -0.15) is 0 Å². The van der Waals surface area contributed by atoms with Crippen LogP contribution in [-0.4, -0.2) is 37.7 Å². The predicted molar refractivity (Wildman–Crippen MR) is 65.6 cm³/mol. The highest BCUT2D eigenvalue weighted by atomic mass is 35.5. The summed E-state index contributed by atoms with van der Waals surface area (Å²) in [5, 5.41) is 0.796. The molecule has 0 spiro atoms. The van der Waals surface area contributed by atoms with Crippen molar-refractivity contribution in [1.29, 1.82) is 0 Å². The quantitative estimate of drug-likeness (QED) is 0.874. The van der Waals surface area contributed by atoms with Crippen LogP contribution in [0.2, 0.25) is 5.02 Å². The summed E-state index contributed by atoms with van der Waals surface area (Å²) < 4.78 is 5.35. The predicted octanol–water partition coefficient (Wildman–Crippen LogP) is 1.67. The van der Waals surface area contributed by atoms with Crippen molar-refractivity contribution in [1.82, 2.24) is 4.90 Å². The standard InChI is InChI=1S/C12H17ClN2O/c13-11-4-2-1-3-10(11)12(9-14)15-5-7-16-8-6-15/h1-4,12H,5-9,14H2/t12-/m0/s1. The summed E-state index contributed by atoms with van der Waals surface area (Å²) in [6.45, 7) is 3.99. The Morgan fingerprint density at radius 3 is 2.62 bits per heavy atom. The first-order chi connectivity index (χ1) is 7.83. The molecule has 1 aliphatic heterocycles. The van der Waals surface area contributed by atoms with Gasteiger partial charge in [0.2, 0.25) is 0 Å². The van der Waals surface area contributed by atoms with Crippen LogP contribution < -0.4 is 5.73 Å². The van der Waals surface area contributed by atoms with E-state index in [0.717, 1.165) is 36.9 Å². The second-order valence-electron chi connectivity index (χ2n) is 3.92. The van der Waals surface area contributed by atoms with Gasteiger partial charge in [0.05, 0.1) is 13.2 Å². The third kappa shape index (κ3) is 2.55. The van der Waals surface area contributed by atoms with E-state index in [2.05, 4.69) is 11.0 Å². The largest absolute Gasteiger partial charge is 0.379 e. The Balaban J connectivity index is 2.18. The fourth-order valence-electron chi connectivity index (χ4n) is 2.11. The Hall–Kier alpha value is -0.610. The number of hydrogen-bond donors (Lipinski definition) is 1. The van der Waals surface area contributed by atoms with Gasteiger partial charge in [0.25, 0.3) is 0 Å². The maximum atomic E-state index is 6.20. The molecular formula is C12H17ClN2O. The summed E-state index contributed by atoms with van der Waals surface area (Å²) >= 11 is 6.20. The summed E-state index contributed by atoms with van der Waals surface area (Å²) in [5.74, 6) is 0. The van der Waals surface area contributed by atoms with E-state index in [1.54, 1.807) is 0 Å². The summed E-state index contributed by atoms with van der Waals surface area (Å²) in [4.78, 5) is 2.34. The highest BCUT2D eigenvalue weighted by molar-refractivity contribution is 6.31. The molecule has 0 radical (unpaired) electrons. The SMILES string of the molecule is NC[C@@H](c1ccccc1Cl)N1CCOCC1. The first-order valence-corrected chi connectivity index (χ1v) is 5.97. The summed E-state index contributed by atoms with van der Waals surface area (Å²) in [5.41, 5.74) is 6.98. The van der Waals surface area contributed by atoms with Crippen LogP contribution in [0.1, 0.15) is 11.6 Å². The van der Waals surface area contributed by atoms with E-state index in [1.165, 1.54) is 0 Å². The van der Waals surface area contributed by atoms with Crippen molar-refractivity contribution < 1.29 is 4.74 Å². The van der Waals surface area contributed by atoms with Crippen molar-refractivity contribution in [3.05, 3.63) is 34.9 Å². The molecule has 1 fully saturated rings. The van der Waals surface area contributed by atoms with Gasteiger partial charge in [0.15, 0.2) is 0 Å². The van der Waals surface area contributed by atoms with Crippen molar-refractivity contribution in [2.24, 2.45) is 5.73 Å². The van der Waals surface area contributed by atoms with Crippen molar-refractivity contribution in [2.75, 3.05) is 32.8 Å². The summed E-state index contributed by atoms with van der Waals surface area (Å²) in [6.07, 6.45) is 0. The van der Waals surface area contributed by atoms with Crippen molar-refractivity contribution in [3.8, 4) is 0 Å². The van der Waals surface area contributed by atoms with Crippen molar-refractivity contribution >= 4 is 11.6 Å². The number of ether oxygens (including phenoxy) is 1. The van der Waals surface area contributed by atoms with Gasteiger partial charge in [0.1, 0.15) is 0 Å². The van der Waals surface area contributed by atoms with Gasteiger partial charge < -0.3 is 10.5 Å². The number of halogens is 1. The van der Waals surface area contributed by atoms with Crippen LogP contribution >= 0.6 is 11.6 Å². The molecule has 0 unspecified atom stereocenters. The fourth-order valence-corrected chi connectivity index (χ4v) is 2.37. The van der Waals surface area contributed by atoms with Gasteiger partial charge in [-0.3, -0.25) is 4.90 Å². The molecule has 1 heterocycles. The lowest BCUT2D eigenvalue weighted by molar-refractivity contribution is 0.0179. The monoisotopic (exact) mass is 240 g/mol. The zero-order valence-electron chi connectivity index (χ0n) is 9.23. The topological polar surface area (TPSA) is 38.5 Å². The maximum absolute atomic E-state index is 6.20. The van der Waals surface area contributed by atoms with Crippen LogP contribution in [0.15, 0.2) is 24.3 Å². The Morgan fingerprint density at radius 2 is 2.00 bits per heavy atom. The summed E-state index contributed by atoms with van der Waals surface area (Å²) in [6, 6.07) is 8.12. The van der Waals surface area contributed by atoms with Crippen molar-refractivity contribution in [2.45, 2.75) is 6.04 Å². The molecule has 1 aromatic rings. The van der Waals surface area contributed by atoms with Gasteiger partial charge in [-0.25, -0.2) is 0 Å². The Kier molecular flexibility index (Phi) is 4.18. The smallest absolute Gasteiger partial charge is 0.0594 e. The average Bonchev–Trinajstić information content (AvgIpc) is 2.34. The molecular weight excluding hydrogens is 224 g/mol. The van der Waals surface area contributed by atoms with Crippen LogP contribution in [0.4, 0.5) is 0 Å². The van der Waals surface area contributed by atoms with Gasteiger partial charge in [-0.15, -0.1) is 0 Å². The van der Waals surface area contributed by atoms with E-state index >= 15 is 0 Å². The first kappa shape index (κ1) is 11.9. The molecule has 88 valence electrons. The lowest BCUT2D eigenvalue weighted by Crippen LogP contribution is -2.41. The number of morpholine rings is 1. The van der Waals surface area contributed by atoms with Crippen LogP contribution in [0.3, 0.4) is 0 Å². The number of benzene rings is 1. The van der Waals surface area contributed by atoms with E-state index in [-0.39, 0.29) is 6.04 Å². The van der Waals surface area contributed by atoms with Gasteiger partial charge in [-0.05, 0) is 11.6 Å². The van der Waals surface area contributed by atoms with Crippen LogP contribution in [0.25, 0.3) is 0 Å². The molecule has 0 bridgehead atoms. The molecule has 0 amide bonds. The Labute approximate surface area is 101 Å². The molecule has 0 saturated carbocycles. The number of rotatable bonds is 3. The van der Waals surface area contributed by atoms with Gasteiger partial charge in [-0.1, -0.05) is 29.8 Å². The van der Waals surface area contributed by atoms with Crippen LogP contribution in [0.5, 0.6) is 0 Å². The lowest BCUT2D eigenvalue weighted by Gasteiger charge is -2.34. The Morgan fingerprint density at radius 1 is 1.31 bits per heavy atom. The normalized spacial score (nSPS) is 19.6. The molecule has 3 nitrogen and oxygen atoms in total. The van der Waals surface area contributed by atoms with Crippen LogP contribution in [0, 0.1) is 0 Å². The molecule has 1 aliphatic rings. The zero-order chi connectivity index (χ0) is 11.4. The van der Waals surface area contributed by atoms with Gasteiger partial charge >= 0.3 is 0 Å². The minimum absolute atomic E-state index is 0.206. The molecule has 16 heavy (non-hydrogen) atoms. The molecule has 2 N–H and O–H groups in total. The number of nitrogens with two attached hydrogens (primary N) is 1. The maximum Gasteiger partial charge on any atom is 0.0594 e. The molecule has 1 atom stereocenters.